The maximum absolute atomic E-state index is 13.5. The zero-order valence-corrected chi connectivity index (χ0v) is 14.8. The molecule has 2 aromatic rings. The number of rotatable bonds is 5. The van der Waals surface area contributed by atoms with Gasteiger partial charge in [0.25, 0.3) is 5.91 Å². The second kappa shape index (κ2) is 7.78. The van der Waals surface area contributed by atoms with Crippen molar-refractivity contribution in [2.45, 2.75) is 32.6 Å². The van der Waals surface area contributed by atoms with Gasteiger partial charge in [-0.2, -0.15) is 0 Å². The number of carbonyl (C=O) groups is 2. The van der Waals surface area contributed by atoms with Gasteiger partial charge < -0.3 is 10.1 Å². The van der Waals surface area contributed by atoms with Crippen LogP contribution in [0.3, 0.4) is 0 Å². The van der Waals surface area contributed by atoms with Crippen LogP contribution in [0.25, 0.3) is 0 Å². The third-order valence-electron chi connectivity index (χ3n) is 4.45. The van der Waals surface area contributed by atoms with Crippen LogP contribution >= 0.6 is 11.3 Å². The fourth-order valence-electron chi connectivity index (χ4n) is 3.00. The smallest absolute Gasteiger partial charge is 0.348 e. The number of esters is 1. The van der Waals surface area contributed by atoms with Crippen LogP contribution < -0.4 is 5.32 Å². The van der Waals surface area contributed by atoms with E-state index in [1.54, 1.807) is 6.07 Å². The SMILES string of the molecule is CC[C@@H]1CCc2sc(C(=O)OCC(=O)Nc3ccccc3F)cc2C1. The summed E-state index contributed by atoms with van der Waals surface area (Å²) < 4.78 is 18.6. The highest BCUT2D eigenvalue weighted by atomic mass is 32.1. The molecule has 0 radical (unpaired) electrons. The quantitative estimate of drug-likeness (QED) is 0.812. The largest absolute Gasteiger partial charge is 0.451 e. The first-order chi connectivity index (χ1) is 12.1. The Morgan fingerprint density at radius 1 is 1.36 bits per heavy atom. The van der Waals surface area contributed by atoms with Crippen molar-refractivity contribution in [3.05, 3.63) is 51.5 Å². The van der Waals surface area contributed by atoms with E-state index in [0.29, 0.717) is 10.8 Å². The van der Waals surface area contributed by atoms with Crippen molar-refractivity contribution in [3.8, 4) is 0 Å². The summed E-state index contributed by atoms with van der Waals surface area (Å²) in [5, 5.41) is 2.39. The Bertz CT molecular complexity index is 787. The zero-order valence-electron chi connectivity index (χ0n) is 14.0. The molecular formula is C19H20FNO3S. The van der Waals surface area contributed by atoms with Crippen LogP contribution in [0.15, 0.2) is 30.3 Å². The minimum atomic E-state index is -0.564. The molecule has 1 amide bonds. The molecule has 1 N–H and O–H groups in total. The Morgan fingerprint density at radius 3 is 2.92 bits per heavy atom. The molecule has 0 aliphatic heterocycles. The number of carbonyl (C=O) groups excluding carboxylic acids is 2. The molecule has 0 bridgehead atoms. The van der Waals surface area contributed by atoms with Crippen molar-refractivity contribution < 1.29 is 18.7 Å². The molecule has 0 fully saturated rings. The number of anilines is 1. The number of hydrogen-bond donors (Lipinski definition) is 1. The van der Waals surface area contributed by atoms with Crippen molar-refractivity contribution in [1.82, 2.24) is 0 Å². The van der Waals surface area contributed by atoms with Gasteiger partial charge in [0.2, 0.25) is 0 Å². The first kappa shape index (κ1) is 17.6. The van der Waals surface area contributed by atoms with E-state index >= 15 is 0 Å². The highest BCUT2D eigenvalue weighted by Crippen LogP contribution is 2.33. The summed E-state index contributed by atoms with van der Waals surface area (Å²) in [6.45, 7) is 1.75. The Kier molecular flexibility index (Phi) is 5.48. The lowest BCUT2D eigenvalue weighted by atomic mass is 9.87. The minimum Gasteiger partial charge on any atom is -0.451 e. The molecule has 1 aliphatic rings. The first-order valence-electron chi connectivity index (χ1n) is 8.40. The first-order valence-corrected chi connectivity index (χ1v) is 9.21. The summed E-state index contributed by atoms with van der Waals surface area (Å²) in [5.41, 5.74) is 1.30. The normalized spacial score (nSPS) is 16.2. The van der Waals surface area contributed by atoms with Gasteiger partial charge in [0.05, 0.1) is 5.69 Å². The van der Waals surface area contributed by atoms with Gasteiger partial charge >= 0.3 is 5.97 Å². The number of para-hydroxylation sites is 1. The average Bonchev–Trinajstić information content (AvgIpc) is 3.04. The Balaban J connectivity index is 1.55. The van der Waals surface area contributed by atoms with E-state index in [2.05, 4.69) is 12.2 Å². The van der Waals surface area contributed by atoms with Crippen LogP contribution in [-0.2, 0) is 22.4 Å². The topological polar surface area (TPSA) is 55.4 Å². The molecule has 1 heterocycles. The van der Waals surface area contributed by atoms with Crippen LogP contribution in [-0.4, -0.2) is 18.5 Å². The van der Waals surface area contributed by atoms with Gasteiger partial charge in [-0.25, -0.2) is 9.18 Å². The summed E-state index contributed by atoms with van der Waals surface area (Å²) in [7, 11) is 0. The second-order valence-corrected chi connectivity index (χ2v) is 7.32. The summed E-state index contributed by atoms with van der Waals surface area (Å²) in [4.78, 5) is 25.8. The number of aryl methyl sites for hydroxylation is 1. The van der Waals surface area contributed by atoms with E-state index in [9.17, 15) is 14.0 Å². The van der Waals surface area contributed by atoms with Crippen LogP contribution in [0.4, 0.5) is 10.1 Å². The maximum atomic E-state index is 13.5. The number of thiophene rings is 1. The fourth-order valence-corrected chi connectivity index (χ4v) is 4.10. The van der Waals surface area contributed by atoms with Gasteiger partial charge in [-0.15, -0.1) is 11.3 Å². The average molecular weight is 361 g/mol. The summed E-state index contributed by atoms with van der Waals surface area (Å²) >= 11 is 1.45. The minimum absolute atomic E-state index is 0.0701. The van der Waals surface area contributed by atoms with Gasteiger partial charge in [0, 0.05) is 4.88 Å². The molecule has 3 rings (SSSR count). The van der Waals surface area contributed by atoms with E-state index in [4.69, 9.17) is 4.74 Å². The van der Waals surface area contributed by atoms with Crippen LogP contribution in [0.5, 0.6) is 0 Å². The van der Waals surface area contributed by atoms with E-state index in [0.717, 1.165) is 25.7 Å². The molecule has 0 saturated heterocycles. The van der Waals surface area contributed by atoms with E-state index in [1.165, 1.54) is 40.0 Å². The molecule has 4 nitrogen and oxygen atoms in total. The molecule has 1 aromatic heterocycles. The molecule has 0 saturated carbocycles. The van der Waals surface area contributed by atoms with Crippen molar-refractivity contribution in [2.75, 3.05) is 11.9 Å². The molecule has 1 aromatic carbocycles. The molecular weight excluding hydrogens is 341 g/mol. The number of halogens is 1. The van der Waals surface area contributed by atoms with Gasteiger partial charge in [-0.1, -0.05) is 25.5 Å². The van der Waals surface area contributed by atoms with Crippen LogP contribution in [0, 0.1) is 11.7 Å². The van der Waals surface area contributed by atoms with Crippen molar-refractivity contribution in [3.63, 3.8) is 0 Å². The fraction of sp³-hybridized carbons (Fsp3) is 0.368. The summed E-state index contributed by atoms with van der Waals surface area (Å²) in [6, 6.07) is 7.74. The van der Waals surface area contributed by atoms with Crippen molar-refractivity contribution in [2.24, 2.45) is 5.92 Å². The predicted octanol–water partition coefficient (Wildman–Crippen LogP) is 4.20. The number of fused-ring (bicyclic) bond motifs is 1. The van der Waals surface area contributed by atoms with Gasteiger partial charge in [-0.05, 0) is 48.9 Å². The lowest BCUT2D eigenvalue weighted by Gasteiger charge is -2.19. The molecule has 0 spiro atoms. The van der Waals surface area contributed by atoms with E-state index < -0.39 is 24.3 Å². The lowest BCUT2D eigenvalue weighted by Crippen LogP contribution is -2.21. The molecule has 0 unspecified atom stereocenters. The van der Waals surface area contributed by atoms with Gasteiger partial charge in [0.1, 0.15) is 10.7 Å². The molecule has 1 aliphatic carbocycles. The van der Waals surface area contributed by atoms with Crippen LogP contribution in [0.1, 0.15) is 39.9 Å². The lowest BCUT2D eigenvalue weighted by molar-refractivity contribution is -0.119. The Labute approximate surface area is 150 Å². The third-order valence-corrected chi connectivity index (χ3v) is 5.66. The molecule has 1 atom stereocenters. The summed E-state index contributed by atoms with van der Waals surface area (Å²) in [5.74, 6) is -0.918. The number of hydrogen-bond acceptors (Lipinski definition) is 4. The highest BCUT2D eigenvalue weighted by molar-refractivity contribution is 7.14. The van der Waals surface area contributed by atoms with Gasteiger partial charge in [0.15, 0.2) is 6.61 Å². The standard InChI is InChI=1S/C19H20FNO3S/c1-2-12-7-8-16-13(9-12)10-17(25-16)19(23)24-11-18(22)21-15-6-4-3-5-14(15)20/h3-6,10,12H,2,7-9,11H2,1H3,(H,21,22)/t12-/m1/s1. The number of ether oxygens (including phenoxy) is 1. The van der Waals surface area contributed by atoms with Crippen LogP contribution in [0.2, 0.25) is 0 Å². The number of benzene rings is 1. The predicted molar refractivity (Wildman–Crippen MR) is 95.4 cm³/mol. The third kappa shape index (κ3) is 4.25. The molecule has 6 heteroatoms. The second-order valence-electron chi connectivity index (χ2n) is 6.18. The van der Waals surface area contributed by atoms with Crippen molar-refractivity contribution in [1.29, 1.82) is 0 Å². The maximum Gasteiger partial charge on any atom is 0.348 e. The molecule has 132 valence electrons. The zero-order chi connectivity index (χ0) is 17.8. The van der Waals surface area contributed by atoms with E-state index in [-0.39, 0.29) is 5.69 Å². The molecule has 25 heavy (non-hydrogen) atoms. The Hall–Kier alpha value is -2.21. The Morgan fingerprint density at radius 2 is 2.16 bits per heavy atom. The van der Waals surface area contributed by atoms with Gasteiger partial charge in [-0.3, -0.25) is 4.79 Å². The van der Waals surface area contributed by atoms with E-state index in [1.807, 2.05) is 6.07 Å². The summed E-state index contributed by atoms with van der Waals surface area (Å²) in [6.07, 6.45) is 4.30. The van der Waals surface area contributed by atoms with Crippen molar-refractivity contribution >= 4 is 28.9 Å². The monoisotopic (exact) mass is 361 g/mol. The number of nitrogens with one attached hydrogen (secondary N) is 1. The number of amides is 1. The highest BCUT2D eigenvalue weighted by Gasteiger charge is 2.23.